The number of hydrogen-bond acceptors (Lipinski definition) is 3. The molecule has 2 saturated heterocycles. The van der Waals surface area contributed by atoms with Crippen LogP contribution in [0.25, 0.3) is 0 Å². The van der Waals surface area contributed by atoms with Gasteiger partial charge in [0.15, 0.2) is 0 Å². The minimum atomic E-state index is 0.234. The van der Waals surface area contributed by atoms with Crippen LogP contribution in [0.15, 0.2) is 0 Å². The van der Waals surface area contributed by atoms with Crippen molar-refractivity contribution in [2.75, 3.05) is 39.4 Å². The molecule has 3 fully saturated rings. The van der Waals surface area contributed by atoms with E-state index in [4.69, 9.17) is 4.74 Å². The van der Waals surface area contributed by atoms with Gasteiger partial charge in [-0.2, -0.15) is 0 Å². The zero-order valence-corrected chi connectivity index (χ0v) is 11.6. The van der Waals surface area contributed by atoms with E-state index in [1.807, 2.05) is 4.90 Å². The fourth-order valence-corrected chi connectivity index (χ4v) is 3.02. The van der Waals surface area contributed by atoms with Crippen molar-refractivity contribution in [3.63, 3.8) is 0 Å². The van der Waals surface area contributed by atoms with Crippen LogP contribution in [0, 0.1) is 0 Å². The number of carbonyl (C=O) groups is 1. The Hall–Kier alpha value is -0.810. The van der Waals surface area contributed by atoms with Gasteiger partial charge in [0.1, 0.15) is 0 Å². The van der Waals surface area contributed by atoms with Crippen LogP contribution in [0.1, 0.15) is 32.1 Å². The first-order valence-corrected chi connectivity index (χ1v) is 7.71. The molecule has 0 aromatic rings. The molecule has 1 saturated carbocycles. The number of nitrogens with one attached hydrogen (secondary N) is 1. The van der Waals surface area contributed by atoms with Crippen LogP contribution in [0.5, 0.6) is 0 Å². The maximum absolute atomic E-state index is 12.6. The fraction of sp³-hybridized carbons (Fsp3) is 0.929. The highest BCUT2D eigenvalue weighted by Crippen LogP contribution is 2.28. The monoisotopic (exact) mass is 267 g/mol. The molecule has 0 aromatic heterocycles. The molecule has 2 heterocycles. The third-order valence-electron chi connectivity index (χ3n) is 4.34. The third-order valence-corrected chi connectivity index (χ3v) is 4.34. The zero-order chi connectivity index (χ0) is 13.1. The van der Waals surface area contributed by atoms with E-state index in [9.17, 15) is 4.79 Å². The van der Waals surface area contributed by atoms with E-state index >= 15 is 0 Å². The summed E-state index contributed by atoms with van der Waals surface area (Å²) >= 11 is 0. The van der Waals surface area contributed by atoms with Crippen LogP contribution >= 0.6 is 0 Å². The van der Waals surface area contributed by atoms with Crippen molar-refractivity contribution < 1.29 is 9.53 Å². The van der Waals surface area contributed by atoms with Crippen LogP contribution < -0.4 is 5.32 Å². The molecule has 108 valence electrons. The van der Waals surface area contributed by atoms with Gasteiger partial charge in [-0.05, 0) is 32.2 Å². The van der Waals surface area contributed by atoms with Crippen molar-refractivity contribution in [2.45, 2.75) is 44.2 Å². The Morgan fingerprint density at radius 2 is 2.00 bits per heavy atom. The number of morpholine rings is 1. The Kier molecular flexibility index (Phi) is 4.23. The number of ether oxygens (including phenoxy) is 1. The van der Waals surface area contributed by atoms with Crippen LogP contribution in [0.3, 0.4) is 0 Å². The Morgan fingerprint density at radius 3 is 2.63 bits per heavy atom. The van der Waals surface area contributed by atoms with Gasteiger partial charge >= 0.3 is 6.03 Å². The predicted molar refractivity (Wildman–Crippen MR) is 73.2 cm³/mol. The van der Waals surface area contributed by atoms with Gasteiger partial charge in [-0.1, -0.05) is 6.42 Å². The lowest BCUT2D eigenvalue weighted by Gasteiger charge is -2.36. The molecule has 1 aliphatic carbocycles. The van der Waals surface area contributed by atoms with Gasteiger partial charge in [0.05, 0.1) is 13.2 Å². The number of nitrogens with zero attached hydrogens (tertiary/aromatic N) is 2. The summed E-state index contributed by atoms with van der Waals surface area (Å²) in [6.07, 6.45) is 6.14. The van der Waals surface area contributed by atoms with Crippen molar-refractivity contribution in [1.82, 2.24) is 15.1 Å². The normalized spacial score (nSPS) is 28.2. The van der Waals surface area contributed by atoms with Crippen LogP contribution in [-0.2, 0) is 4.74 Å². The zero-order valence-electron chi connectivity index (χ0n) is 11.6. The summed E-state index contributed by atoms with van der Waals surface area (Å²) in [6.45, 7) is 4.87. The van der Waals surface area contributed by atoms with E-state index in [-0.39, 0.29) is 6.03 Å². The first-order chi connectivity index (χ1) is 9.34. The molecule has 3 rings (SSSR count). The van der Waals surface area contributed by atoms with Crippen LogP contribution in [-0.4, -0.2) is 67.3 Å². The van der Waals surface area contributed by atoms with Gasteiger partial charge in [-0.25, -0.2) is 4.79 Å². The van der Waals surface area contributed by atoms with Crippen LogP contribution in [0.2, 0.25) is 0 Å². The predicted octanol–water partition coefficient (Wildman–Crippen LogP) is 1.05. The third kappa shape index (κ3) is 3.39. The van der Waals surface area contributed by atoms with Gasteiger partial charge in [0.25, 0.3) is 0 Å². The second-order valence-electron chi connectivity index (χ2n) is 5.91. The number of hydrogen-bond donors (Lipinski definition) is 1. The summed E-state index contributed by atoms with van der Waals surface area (Å²) in [4.78, 5) is 16.7. The number of carbonyl (C=O) groups excluding carboxylic acids is 1. The van der Waals surface area contributed by atoms with Crippen molar-refractivity contribution in [3.05, 3.63) is 0 Å². The molecule has 2 aliphatic heterocycles. The smallest absolute Gasteiger partial charge is 0.320 e. The molecule has 5 heteroatoms. The highest BCUT2D eigenvalue weighted by molar-refractivity contribution is 5.75. The molecule has 0 bridgehead atoms. The summed E-state index contributed by atoms with van der Waals surface area (Å²) < 4.78 is 5.33. The molecule has 5 nitrogen and oxygen atoms in total. The Balaban J connectivity index is 1.57. The Morgan fingerprint density at radius 1 is 1.21 bits per heavy atom. The highest BCUT2D eigenvalue weighted by atomic mass is 16.5. The maximum atomic E-state index is 12.6. The van der Waals surface area contributed by atoms with Crippen molar-refractivity contribution >= 4 is 6.03 Å². The number of urea groups is 1. The lowest BCUT2D eigenvalue weighted by molar-refractivity contribution is 0.0414. The Labute approximate surface area is 115 Å². The van der Waals surface area contributed by atoms with E-state index < -0.39 is 0 Å². The average Bonchev–Trinajstić information content (AvgIpc) is 3.31. The summed E-state index contributed by atoms with van der Waals surface area (Å²) in [5.74, 6) is 0. The lowest BCUT2D eigenvalue weighted by atomic mass is 10.0. The SMILES string of the molecule is O=C(N1CCOCC1)N(CC1CCCCN1)C1CC1. The number of piperidine rings is 1. The van der Waals surface area contributed by atoms with Gasteiger partial charge in [0.2, 0.25) is 0 Å². The molecular formula is C14H25N3O2. The molecule has 1 unspecified atom stereocenters. The fourth-order valence-electron chi connectivity index (χ4n) is 3.02. The van der Waals surface area contributed by atoms with Crippen molar-refractivity contribution in [3.8, 4) is 0 Å². The van der Waals surface area contributed by atoms with Gasteiger partial charge in [-0.3, -0.25) is 0 Å². The van der Waals surface area contributed by atoms with Gasteiger partial charge in [0, 0.05) is 31.7 Å². The molecule has 0 spiro atoms. The van der Waals surface area contributed by atoms with Gasteiger partial charge < -0.3 is 19.9 Å². The van der Waals surface area contributed by atoms with E-state index in [1.165, 1.54) is 32.1 Å². The molecule has 2 amide bonds. The lowest BCUT2D eigenvalue weighted by Crippen LogP contribution is -2.53. The number of amides is 2. The topological polar surface area (TPSA) is 44.8 Å². The Bertz CT molecular complexity index is 308. The van der Waals surface area contributed by atoms with Crippen molar-refractivity contribution in [2.24, 2.45) is 0 Å². The van der Waals surface area contributed by atoms with E-state index in [1.54, 1.807) is 0 Å². The largest absolute Gasteiger partial charge is 0.378 e. The minimum absolute atomic E-state index is 0.234. The second kappa shape index (κ2) is 6.09. The minimum Gasteiger partial charge on any atom is -0.378 e. The first-order valence-electron chi connectivity index (χ1n) is 7.71. The summed E-state index contributed by atoms with van der Waals surface area (Å²) in [5, 5.41) is 3.55. The molecule has 19 heavy (non-hydrogen) atoms. The summed E-state index contributed by atoms with van der Waals surface area (Å²) in [7, 11) is 0. The van der Waals surface area contributed by atoms with E-state index in [0.717, 1.165) is 26.2 Å². The quantitative estimate of drug-likeness (QED) is 0.831. The molecule has 0 radical (unpaired) electrons. The van der Waals surface area contributed by atoms with E-state index in [2.05, 4.69) is 10.2 Å². The highest BCUT2D eigenvalue weighted by Gasteiger charge is 2.36. The number of rotatable bonds is 3. The van der Waals surface area contributed by atoms with Gasteiger partial charge in [-0.15, -0.1) is 0 Å². The standard InChI is InChI=1S/C14H25N3O2/c18-14(16-7-9-19-10-8-16)17(13-4-5-13)11-12-3-1-2-6-15-12/h12-13,15H,1-11H2. The molecule has 1 atom stereocenters. The molecule has 1 N–H and O–H groups in total. The first kappa shape index (κ1) is 13.2. The molecular weight excluding hydrogens is 242 g/mol. The second-order valence-corrected chi connectivity index (χ2v) is 5.91. The van der Waals surface area contributed by atoms with E-state index in [0.29, 0.717) is 25.3 Å². The summed E-state index contributed by atoms with van der Waals surface area (Å²) in [5.41, 5.74) is 0. The molecule has 0 aromatic carbocycles. The molecule has 3 aliphatic rings. The maximum Gasteiger partial charge on any atom is 0.320 e. The van der Waals surface area contributed by atoms with Crippen molar-refractivity contribution in [1.29, 1.82) is 0 Å². The average molecular weight is 267 g/mol. The summed E-state index contributed by atoms with van der Waals surface area (Å²) in [6, 6.07) is 1.23. The van der Waals surface area contributed by atoms with Crippen LogP contribution in [0.4, 0.5) is 4.79 Å².